The Kier molecular flexibility index (Phi) is 5.75. The molecule has 7 nitrogen and oxygen atoms in total. The van der Waals surface area contributed by atoms with Gasteiger partial charge in [0.25, 0.3) is 0 Å². The van der Waals surface area contributed by atoms with Crippen LogP contribution in [0.25, 0.3) is 0 Å². The summed E-state index contributed by atoms with van der Waals surface area (Å²) in [6.45, 7) is -0.0143. The monoisotopic (exact) mass is 358 g/mol. The molecule has 0 unspecified atom stereocenters. The molecule has 0 aliphatic rings. The molecule has 0 radical (unpaired) electrons. The van der Waals surface area contributed by atoms with E-state index in [4.69, 9.17) is 5.26 Å². The number of nitrogens with one attached hydrogen (secondary N) is 2. The number of benzene rings is 2. The van der Waals surface area contributed by atoms with Gasteiger partial charge in [-0.25, -0.2) is 12.7 Å². The number of rotatable bonds is 6. The van der Waals surface area contributed by atoms with E-state index < -0.39 is 10.0 Å². The van der Waals surface area contributed by atoms with Crippen molar-refractivity contribution in [3.05, 3.63) is 54.1 Å². The molecule has 8 heteroatoms. The maximum Gasteiger partial charge on any atom is 0.243 e. The second kappa shape index (κ2) is 7.79. The second-order valence-electron chi connectivity index (χ2n) is 5.41. The van der Waals surface area contributed by atoms with Crippen molar-refractivity contribution in [3.8, 4) is 6.07 Å². The minimum Gasteiger partial charge on any atom is -0.376 e. The average Bonchev–Trinajstić information content (AvgIpc) is 2.60. The van der Waals surface area contributed by atoms with Gasteiger partial charge in [0.2, 0.25) is 15.9 Å². The number of hydrogen-bond acceptors (Lipinski definition) is 5. The fourth-order valence-electron chi connectivity index (χ4n) is 2.03. The second-order valence-corrected chi connectivity index (χ2v) is 7.56. The number of amides is 1. The van der Waals surface area contributed by atoms with E-state index in [1.165, 1.54) is 26.2 Å². The number of carbonyl (C=O) groups excluding carboxylic acids is 1. The largest absolute Gasteiger partial charge is 0.376 e. The minimum absolute atomic E-state index is 0.0143. The summed E-state index contributed by atoms with van der Waals surface area (Å²) >= 11 is 0. The molecule has 2 aromatic carbocycles. The Bertz CT molecular complexity index is 917. The first-order valence-corrected chi connectivity index (χ1v) is 8.83. The molecule has 130 valence electrons. The van der Waals surface area contributed by atoms with Crippen LogP contribution in [0.1, 0.15) is 5.56 Å². The third kappa shape index (κ3) is 4.79. The highest BCUT2D eigenvalue weighted by atomic mass is 32.2. The minimum atomic E-state index is -3.56. The quantitative estimate of drug-likeness (QED) is 0.820. The SMILES string of the molecule is CN(C)S(=O)(=O)c1cccc(NC(=O)CNc2cccc(C#N)c2)c1. The number of hydrogen-bond donors (Lipinski definition) is 2. The van der Waals surface area contributed by atoms with Crippen LogP contribution in [0.15, 0.2) is 53.4 Å². The fraction of sp³-hybridized carbons (Fsp3) is 0.176. The van der Waals surface area contributed by atoms with Gasteiger partial charge in [-0.3, -0.25) is 4.79 Å². The standard InChI is InChI=1S/C17H18N4O3S/c1-21(2)25(23,24)16-8-4-7-15(10-16)20-17(22)12-19-14-6-3-5-13(9-14)11-18/h3-10,19H,12H2,1-2H3,(H,20,22). The molecule has 0 bridgehead atoms. The van der Waals surface area contributed by atoms with Crippen LogP contribution in [-0.4, -0.2) is 39.3 Å². The smallest absolute Gasteiger partial charge is 0.243 e. The van der Waals surface area contributed by atoms with Gasteiger partial charge in [0.1, 0.15) is 0 Å². The Morgan fingerprint density at radius 2 is 1.80 bits per heavy atom. The van der Waals surface area contributed by atoms with Crippen LogP contribution in [-0.2, 0) is 14.8 Å². The van der Waals surface area contributed by atoms with Crippen molar-refractivity contribution in [2.24, 2.45) is 0 Å². The molecule has 0 fully saturated rings. The van der Waals surface area contributed by atoms with Crippen molar-refractivity contribution in [1.82, 2.24) is 4.31 Å². The molecule has 0 heterocycles. The van der Waals surface area contributed by atoms with Crippen molar-refractivity contribution >= 4 is 27.3 Å². The summed E-state index contributed by atoms with van der Waals surface area (Å²) in [5.74, 6) is -0.332. The van der Waals surface area contributed by atoms with E-state index in [0.717, 1.165) is 4.31 Å². The van der Waals surface area contributed by atoms with Crippen molar-refractivity contribution in [1.29, 1.82) is 5.26 Å². The predicted molar refractivity (Wildman–Crippen MR) is 95.6 cm³/mol. The summed E-state index contributed by atoms with van der Waals surface area (Å²) in [5.41, 5.74) is 1.53. The first kappa shape index (κ1) is 18.4. The molecule has 0 atom stereocenters. The van der Waals surface area contributed by atoms with Gasteiger partial charge in [0.05, 0.1) is 23.1 Å². The molecule has 2 rings (SSSR count). The van der Waals surface area contributed by atoms with Crippen LogP contribution in [0.3, 0.4) is 0 Å². The van der Waals surface area contributed by atoms with Gasteiger partial charge < -0.3 is 10.6 Å². The molecule has 0 saturated heterocycles. The topological polar surface area (TPSA) is 102 Å². The van der Waals surface area contributed by atoms with Gasteiger partial charge in [0.15, 0.2) is 0 Å². The van der Waals surface area contributed by atoms with Crippen molar-refractivity contribution < 1.29 is 13.2 Å². The van der Waals surface area contributed by atoms with E-state index in [0.29, 0.717) is 16.9 Å². The van der Waals surface area contributed by atoms with Crippen molar-refractivity contribution in [3.63, 3.8) is 0 Å². The highest BCUT2D eigenvalue weighted by Crippen LogP contribution is 2.18. The average molecular weight is 358 g/mol. The first-order valence-electron chi connectivity index (χ1n) is 7.39. The molecule has 2 N–H and O–H groups in total. The lowest BCUT2D eigenvalue weighted by Gasteiger charge is -2.13. The van der Waals surface area contributed by atoms with Crippen LogP contribution < -0.4 is 10.6 Å². The molecule has 1 amide bonds. The summed E-state index contributed by atoms with van der Waals surface area (Å²) in [5, 5.41) is 14.4. The molecular weight excluding hydrogens is 340 g/mol. The Morgan fingerprint density at radius 3 is 2.48 bits per heavy atom. The van der Waals surface area contributed by atoms with Gasteiger partial charge in [-0.05, 0) is 36.4 Å². The maximum absolute atomic E-state index is 12.1. The van der Waals surface area contributed by atoms with Crippen LogP contribution in [0.5, 0.6) is 0 Å². The Balaban J connectivity index is 2.02. The van der Waals surface area contributed by atoms with Crippen LogP contribution >= 0.6 is 0 Å². The van der Waals surface area contributed by atoms with Crippen LogP contribution in [0, 0.1) is 11.3 Å². The lowest BCUT2D eigenvalue weighted by molar-refractivity contribution is -0.114. The number of carbonyl (C=O) groups is 1. The van der Waals surface area contributed by atoms with Gasteiger partial charge in [-0.2, -0.15) is 5.26 Å². The van der Waals surface area contributed by atoms with E-state index in [2.05, 4.69) is 10.6 Å². The number of anilines is 2. The lowest BCUT2D eigenvalue weighted by Crippen LogP contribution is -2.23. The number of nitrogens with zero attached hydrogens (tertiary/aromatic N) is 2. The summed E-state index contributed by atoms with van der Waals surface area (Å²) < 4.78 is 25.3. The maximum atomic E-state index is 12.1. The summed E-state index contributed by atoms with van der Waals surface area (Å²) in [4.78, 5) is 12.1. The molecule has 0 spiro atoms. The molecule has 0 aliphatic heterocycles. The van der Waals surface area contributed by atoms with Crippen molar-refractivity contribution in [2.75, 3.05) is 31.3 Å². The summed E-state index contributed by atoms with van der Waals surface area (Å²) in [7, 11) is -0.674. The van der Waals surface area contributed by atoms with Gasteiger partial charge in [-0.15, -0.1) is 0 Å². The van der Waals surface area contributed by atoms with Crippen LogP contribution in [0.4, 0.5) is 11.4 Å². The predicted octanol–water partition coefficient (Wildman–Crippen LogP) is 1.86. The van der Waals surface area contributed by atoms with E-state index >= 15 is 0 Å². The van der Waals surface area contributed by atoms with E-state index in [1.807, 2.05) is 6.07 Å². The van der Waals surface area contributed by atoms with Gasteiger partial charge in [0, 0.05) is 25.5 Å². The molecular formula is C17H18N4O3S. The van der Waals surface area contributed by atoms with Crippen LogP contribution in [0.2, 0.25) is 0 Å². The number of sulfonamides is 1. The highest BCUT2D eigenvalue weighted by molar-refractivity contribution is 7.89. The first-order chi connectivity index (χ1) is 11.8. The third-order valence-corrected chi connectivity index (χ3v) is 5.15. The highest BCUT2D eigenvalue weighted by Gasteiger charge is 2.17. The molecule has 0 aromatic heterocycles. The van der Waals surface area contributed by atoms with E-state index in [-0.39, 0.29) is 17.3 Å². The lowest BCUT2D eigenvalue weighted by atomic mass is 10.2. The molecule has 0 saturated carbocycles. The summed E-state index contributed by atoms with van der Waals surface area (Å²) in [6, 6.07) is 14.8. The third-order valence-electron chi connectivity index (χ3n) is 3.34. The molecule has 2 aromatic rings. The van der Waals surface area contributed by atoms with E-state index in [9.17, 15) is 13.2 Å². The van der Waals surface area contributed by atoms with E-state index in [1.54, 1.807) is 36.4 Å². The molecule has 0 aliphatic carbocycles. The number of nitriles is 1. The molecule has 25 heavy (non-hydrogen) atoms. The normalized spacial score (nSPS) is 11.0. The van der Waals surface area contributed by atoms with Crippen molar-refractivity contribution in [2.45, 2.75) is 4.90 Å². The Morgan fingerprint density at radius 1 is 1.12 bits per heavy atom. The summed E-state index contributed by atoms with van der Waals surface area (Å²) in [6.07, 6.45) is 0. The fourth-order valence-corrected chi connectivity index (χ4v) is 2.98. The zero-order valence-electron chi connectivity index (χ0n) is 13.9. The van der Waals surface area contributed by atoms with Gasteiger partial charge in [-0.1, -0.05) is 12.1 Å². The Labute approximate surface area is 146 Å². The zero-order chi connectivity index (χ0) is 18.4. The Hall–Kier alpha value is -2.89. The zero-order valence-corrected chi connectivity index (χ0v) is 14.7. The van der Waals surface area contributed by atoms with Gasteiger partial charge >= 0.3 is 0 Å².